The van der Waals surface area contributed by atoms with Crippen molar-refractivity contribution in [3.8, 4) is 11.5 Å². The van der Waals surface area contributed by atoms with Crippen molar-refractivity contribution in [2.75, 3.05) is 0 Å². The Bertz CT molecular complexity index is 1520. The molecule has 0 aliphatic carbocycles. The molecule has 4 rings (SSSR count). The number of amides is 1. The number of aromatic amines is 1. The molecule has 0 radical (unpaired) electrons. The molecule has 0 saturated heterocycles. The Kier molecular flexibility index (Phi) is 7.73. The quantitative estimate of drug-likeness (QED) is 0.269. The number of hydrogen-bond donors (Lipinski definition) is 3. The first-order valence-corrected chi connectivity index (χ1v) is 12.3. The molecule has 0 aliphatic rings. The van der Waals surface area contributed by atoms with Crippen molar-refractivity contribution in [3.05, 3.63) is 69.2 Å². The van der Waals surface area contributed by atoms with Gasteiger partial charge in [0.15, 0.2) is 6.10 Å². The minimum Gasteiger partial charge on any atom is -0.548 e. The summed E-state index contributed by atoms with van der Waals surface area (Å²) in [6.07, 6.45) is 2.95. The van der Waals surface area contributed by atoms with E-state index in [4.69, 9.17) is 20.8 Å². The van der Waals surface area contributed by atoms with E-state index in [1.165, 1.54) is 31.2 Å². The Hall–Kier alpha value is -3.98. The van der Waals surface area contributed by atoms with Gasteiger partial charge in [-0.2, -0.15) is 0 Å². The third-order valence-electron chi connectivity index (χ3n) is 6.13. The first kappa shape index (κ1) is 26.1. The van der Waals surface area contributed by atoms with E-state index in [1.807, 2.05) is 0 Å². The first-order valence-electron chi connectivity index (χ1n) is 11.9. The highest BCUT2D eigenvalue weighted by atomic mass is 35.5. The Morgan fingerprint density at radius 1 is 1.19 bits per heavy atom. The number of benzene rings is 2. The molecule has 1 amide bonds. The van der Waals surface area contributed by atoms with Gasteiger partial charge in [-0.05, 0) is 55.2 Å². The number of aryl methyl sites for hydroxylation is 1. The van der Waals surface area contributed by atoms with Crippen LogP contribution in [0.3, 0.4) is 0 Å². The van der Waals surface area contributed by atoms with Crippen LogP contribution in [0.25, 0.3) is 21.9 Å². The summed E-state index contributed by atoms with van der Waals surface area (Å²) in [5, 5.41) is 25.5. The lowest BCUT2D eigenvalue weighted by molar-refractivity contribution is -0.308. The largest absolute Gasteiger partial charge is 0.548 e. The predicted octanol–water partition coefficient (Wildman–Crippen LogP) is 3.22. The van der Waals surface area contributed by atoms with Crippen LogP contribution in [0, 0.1) is 0 Å². The molecule has 2 aromatic heterocycles. The average molecular weight is 526 g/mol. The highest BCUT2D eigenvalue weighted by Gasteiger charge is 2.23. The SMILES string of the molecule is CCCCc1cc(=O)oc2cc(O[C@H](C)C(=O)N[C@@H](Cc3c[nH]c4ccc(O)cc34)C(=O)[O-])c(Cl)cc12. The lowest BCUT2D eigenvalue weighted by Gasteiger charge is -2.22. The second-order valence-corrected chi connectivity index (χ2v) is 9.27. The van der Waals surface area contributed by atoms with E-state index in [2.05, 4.69) is 17.2 Å². The molecule has 2 aromatic carbocycles. The predicted molar refractivity (Wildman–Crippen MR) is 137 cm³/mol. The number of nitrogens with one attached hydrogen (secondary N) is 2. The Morgan fingerprint density at radius 2 is 1.97 bits per heavy atom. The highest BCUT2D eigenvalue weighted by Crippen LogP contribution is 2.32. The summed E-state index contributed by atoms with van der Waals surface area (Å²) in [7, 11) is 0. The number of carboxylic acids is 1. The first-order chi connectivity index (χ1) is 17.7. The standard InChI is InChI=1S/C27H27ClN2O7/c1-3-4-5-15-9-25(32)37-23-12-24(20(28)11-19(15)23)36-14(2)26(33)30-22(27(34)35)8-16-13-29-21-7-6-17(31)10-18(16)21/h6-7,9-14,22,29,31H,3-5,8H2,1-2H3,(H,30,33)(H,34,35)/p-1/t14-,22+/m1/s1. The third kappa shape index (κ3) is 5.89. The van der Waals surface area contributed by atoms with Gasteiger partial charge in [-0.1, -0.05) is 24.9 Å². The topological polar surface area (TPSA) is 145 Å². The van der Waals surface area contributed by atoms with Crippen LogP contribution >= 0.6 is 11.6 Å². The molecule has 2 atom stereocenters. The second-order valence-electron chi connectivity index (χ2n) is 8.86. The van der Waals surface area contributed by atoms with E-state index in [0.717, 1.165) is 18.4 Å². The molecule has 0 bridgehead atoms. The van der Waals surface area contributed by atoms with Gasteiger partial charge < -0.3 is 34.5 Å². The number of unbranched alkanes of at least 4 members (excludes halogenated alkanes) is 1. The summed E-state index contributed by atoms with van der Waals surface area (Å²) in [4.78, 5) is 39.6. The molecule has 9 nitrogen and oxygen atoms in total. The number of carbonyl (C=O) groups is 2. The minimum absolute atomic E-state index is 0.0324. The summed E-state index contributed by atoms with van der Waals surface area (Å²) < 4.78 is 11.0. The van der Waals surface area contributed by atoms with Gasteiger partial charge in [0.25, 0.3) is 5.91 Å². The van der Waals surface area contributed by atoms with E-state index < -0.39 is 29.6 Å². The van der Waals surface area contributed by atoms with E-state index in [9.17, 15) is 24.6 Å². The van der Waals surface area contributed by atoms with Gasteiger partial charge in [0.2, 0.25) is 0 Å². The van der Waals surface area contributed by atoms with Crippen LogP contribution in [0.5, 0.6) is 11.5 Å². The highest BCUT2D eigenvalue weighted by molar-refractivity contribution is 6.32. The number of phenols is 1. The lowest BCUT2D eigenvalue weighted by Crippen LogP contribution is -2.52. The number of fused-ring (bicyclic) bond motifs is 2. The Morgan fingerprint density at radius 3 is 2.70 bits per heavy atom. The number of ether oxygens (including phenoxy) is 1. The van der Waals surface area contributed by atoms with Crippen molar-refractivity contribution in [1.82, 2.24) is 10.3 Å². The van der Waals surface area contributed by atoms with Crippen LogP contribution in [-0.4, -0.2) is 34.1 Å². The maximum Gasteiger partial charge on any atom is 0.336 e. The fourth-order valence-electron chi connectivity index (χ4n) is 4.17. The van der Waals surface area contributed by atoms with E-state index in [-0.39, 0.29) is 28.5 Å². The average Bonchev–Trinajstić information content (AvgIpc) is 3.24. The lowest BCUT2D eigenvalue weighted by atomic mass is 10.0. The number of carboxylic acid groups (broad SMARTS) is 1. The van der Waals surface area contributed by atoms with Crippen LogP contribution in [0.15, 0.2) is 51.8 Å². The van der Waals surface area contributed by atoms with Crippen LogP contribution in [0.2, 0.25) is 5.02 Å². The molecule has 0 spiro atoms. The zero-order valence-corrected chi connectivity index (χ0v) is 21.1. The number of aliphatic carboxylic acids is 1. The molecular formula is C27H26ClN2O7-. The number of H-pyrrole nitrogens is 1. The molecule has 0 unspecified atom stereocenters. The number of rotatable bonds is 10. The van der Waals surface area contributed by atoms with Crippen molar-refractivity contribution >= 4 is 45.3 Å². The maximum absolute atomic E-state index is 12.8. The van der Waals surface area contributed by atoms with Gasteiger partial charge in [-0.3, -0.25) is 4.79 Å². The summed E-state index contributed by atoms with van der Waals surface area (Å²) in [6, 6.07) is 7.85. The Labute approximate surface area is 217 Å². The van der Waals surface area contributed by atoms with Crippen LogP contribution in [0.4, 0.5) is 0 Å². The summed E-state index contributed by atoms with van der Waals surface area (Å²) >= 11 is 6.41. The number of carbonyl (C=O) groups excluding carboxylic acids is 2. The summed E-state index contributed by atoms with van der Waals surface area (Å²) in [6.45, 7) is 3.50. The molecule has 10 heteroatoms. The number of hydrogen-bond acceptors (Lipinski definition) is 7. The Balaban J connectivity index is 1.51. The maximum atomic E-state index is 12.8. The molecule has 2 heterocycles. The monoisotopic (exact) mass is 525 g/mol. The number of aromatic nitrogens is 1. The zero-order chi connectivity index (χ0) is 26.7. The summed E-state index contributed by atoms with van der Waals surface area (Å²) in [5.74, 6) is -2.03. The van der Waals surface area contributed by atoms with Gasteiger partial charge in [-0.15, -0.1) is 0 Å². The van der Waals surface area contributed by atoms with Gasteiger partial charge in [-0.25, -0.2) is 4.79 Å². The number of phenolic OH excluding ortho intramolecular Hbond substituents is 1. The van der Waals surface area contributed by atoms with Gasteiger partial charge in [0.05, 0.1) is 17.0 Å². The van der Waals surface area contributed by atoms with Gasteiger partial charge >= 0.3 is 5.63 Å². The van der Waals surface area contributed by atoms with Crippen molar-refractivity contribution in [2.24, 2.45) is 0 Å². The fraction of sp³-hybridized carbons (Fsp3) is 0.296. The number of halogens is 1. The molecule has 0 aliphatic heterocycles. The van der Waals surface area contributed by atoms with Gasteiger partial charge in [0.1, 0.15) is 17.1 Å². The van der Waals surface area contributed by atoms with Crippen molar-refractivity contribution in [1.29, 1.82) is 0 Å². The summed E-state index contributed by atoms with van der Waals surface area (Å²) in [5.41, 5.74) is 1.89. The smallest absolute Gasteiger partial charge is 0.336 e. The van der Waals surface area contributed by atoms with Gasteiger partial charge in [0, 0.05) is 41.0 Å². The fourth-order valence-corrected chi connectivity index (χ4v) is 4.38. The zero-order valence-electron chi connectivity index (χ0n) is 20.3. The normalized spacial score (nSPS) is 12.9. The molecular weight excluding hydrogens is 500 g/mol. The molecule has 4 aromatic rings. The van der Waals surface area contributed by atoms with Crippen LogP contribution < -0.4 is 20.8 Å². The molecule has 0 saturated carbocycles. The van der Waals surface area contributed by atoms with E-state index in [1.54, 1.807) is 18.3 Å². The van der Waals surface area contributed by atoms with Crippen LogP contribution in [0.1, 0.15) is 37.8 Å². The van der Waals surface area contributed by atoms with Crippen molar-refractivity contribution in [3.63, 3.8) is 0 Å². The molecule has 37 heavy (non-hydrogen) atoms. The molecule has 0 fully saturated rings. The van der Waals surface area contributed by atoms with Crippen molar-refractivity contribution < 1.29 is 29.0 Å². The van der Waals surface area contributed by atoms with E-state index in [0.29, 0.717) is 28.3 Å². The second kappa shape index (κ2) is 11.0. The van der Waals surface area contributed by atoms with Crippen molar-refractivity contribution in [2.45, 2.75) is 51.7 Å². The third-order valence-corrected chi connectivity index (χ3v) is 6.43. The molecule has 3 N–H and O–H groups in total. The molecule has 194 valence electrons. The van der Waals surface area contributed by atoms with Crippen LogP contribution in [-0.2, 0) is 22.4 Å². The number of aromatic hydroxyl groups is 1. The minimum atomic E-state index is -1.47. The van der Waals surface area contributed by atoms with E-state index >= 15 is 0 Å².